The maximum atomic E-state index is 11.2. The zero-order valence-electron chi connectivity index (χ0n) is 11.3. The Hall–Kier alpha value is -1.47. The topological polar surface area (TPSA) is 90.7 Å². The Morgan fingerprint density at radius 3 is 2.50 bits per heavy atom. The average Bonchev–Trinajstić information content (AvgIpc) is 2.82. The zero-order valence-corrected chi connectivity index (χ0v) is 12.2. The number of nitrogens with zero attached hydrogens (tertiary/aromatic N) is 2. The molecular weight excluding hydrogens is 280 g/mol. The van der Waals surface area contributed by atoms with E-state index in [1.165, 1.54) is 11.3 Å². The first-order valence-corrected chi connectivity index (χ1v) is 7.50. The van der Waals surface area contributed by atoms with Gasteiger partial charge in [0.05, 0.1) is 15.8 Å². The van der Waals surface area contributed by atoms with Crippen molar-refractivity contribution < 1.29 is 19.8 Å². The normalized spacial score (nSPS) is 17.2. The number of carboxylic acid groups (broad SMARTS) is 2. The summed E-state index contributed by atoms with van der Waals surface area (Å²) in [4.78, 5) is 29.1. The smallest absolute Gasteiger partial charge is 0.355 e. The highest BCUT2D eigenvalue weighted by atomic mass is 32.1. The Bertz CT molecular complexity index is 506. The number of rotatable bonds is 5. The fraction of sp³-hybridized carbons (Fsp3) is 0.615. The van der Waals surface area contributed by atoms with Crippen molar-refractivity contribution in [2.45, 2.75) is 32.7 Å². The standard InChI is InChI=1S/C13H18N2O4S/c1-2-10-14-11(13(18)19)9(20-10)7-15-5-3-8(4-6-15)12(16)17/h8H,2-7H2,1H3,(H,16,17)(H,18,19). The molecule has 2 N–H and O–H groups in total. The zero-order chi connectivity index (χ0) is 14.7. The molecule has 0 radical (unpaired) electrons. The summed E-state index contributed by atoms with van der Waals surface area (Å²) in [5.41, 5.74) is 0.146. The number of thiazole rings is 1. The van der Waals surface area contributed by atoms with Crippen LogP contribution in [0.1, 0.15) is 40.1 Å². The molecule has 1 aliphatic heterocycles. The lowest BCUT2D eigenvalue weighted by Gasteiger charge is -2.29. The molecule has 0 aliphatic carbocycles. The summed E-state index contributed by atoms with van der Waals surface area (Å²) >= 11 is 1.44. The van der Waals surface area contributed by atoms with E-state index in [9.17, 15) is 9.59 Å². The molecule has 1 saturated heterocycles. The van der Waals surface area contributed by atoms with Crippen molar-refractivity contribution in [3.63, 3.8) is 0 Å². The summed E-state index contributed by atoms with van der Waals surface area (Å²) in [6, 6.07) is 0. The van der Waals surface area contributed by atoms with Gasteiger partial charge in [0.2, 0.25) is 0 Å². The quantitative estimate of drug-likeness (QED) is 0.860. The van der Waals surface area contributed by atoms with Crippen molar-refractivity contribution in [1.82, 2.24) is 9.88 Å². The van der Waals surface area contributed by atoms with E-state index < -0.39 is 11.9 Å². The van der Waals surface area contributed by atoms with E-state index in [4.69, 9.17) is 10.2 Å². The van der Waals surface area contributed by atoms with Crippen LogP contribution in [0.15, 0.2) is 0 Å². The Balaban J connectivity index is 2.02. The van der Waals surface area contributed by atoms with Gasteiger partial charge in [-0.15, -0.1) is 11.3 Å². The van der Waals surface area contributed by atoms with E-state index in [2.05, 4.69) is 9.88 Å². The van der Waals surface area contributed by atoms with Gasteiger partial charge in [-0.05, 0) is 32.4 Å². The number of aromatic carboxylic acids is 1. The van der Waals surface area contributed by atoms with Crippen LogP contribution in [0.5, 0.6) is 0 Å². The minimum atomic E-state index is -0.989. The van der Waals surface area contributed by atoms with Crippen LogP contribution in [0.4, 0.5) is 0 Å². The third-order valence-electron chi connectivity index (χ3n) is 3.55. The van der Waals surface area contributed by atoms with E-state index >= 15 is 0 Å². The van der Waals surface area contributed by atoms with Gasteiger partial charge >= 0.3 is 11.9 Å². The lowest BCUT2D eigenvalue weighted by Crippen LogP contribution is -2.35. The van der Waals surface area contributed by atoms with E-state index in [1.54, 1.807) is 0 Å². The Morgan fingerprint density at radius 1 is 1.35 bits per heavy atom. The van der Waals surface area contributed by atoms with Crippen LogP contribution in [-0.4, -0.2) is 45.1 Å². The highest BCUT2D eigenvalue weighted by molar-refractivity contribution is 7.11. The number of aryl methyl sites for hydroxylation is 1. The fourth-order valence-electron chi connectivity index (χ4n) is 2.37. The van der Waals surface area contributed by atoms with Crippen molar-refractivity contribution >= 4 is 23.3 Å². The second kappa shape index (κ2) is 6.32. The monoisotopic (exact) mass is 298 g/mol. The number of hydrogen-bond acceptors (Lipinski definition) is 5. The number of hydrogen-bond donors (Lipinski definition) is 2. The second-order valence-corrected chi connectivity index (χ2v) is 6.09. The van der Waals surface area contributed by atoms with Crippen LogP contribution in [-0.2, 0) is 17.8 Å². The van der Waals surface area contributed by atoms with Gasteiger partial charge in [0.25, 0.3) is 0 Å². The van der Waals surface area contributed by atoms with Gasteiger partial charge in [-0.1, -0.05) is 6.92 Å². The molecule has 1 aliphatic rings. The minimum absolute atomic E-state index is 0.146. The molecule has 7 heteroatoms. The average molecular weight is 298 g/mol. The lowest BCUT2D eigenvalue weighted by molar-refractivity contribution is -0.143. The Morgan fingerprint density at radius 2 is 2.00 bits per heavy atom. The molecule has 1 fully saturated rings. The second-order valence-electron chi connectivity index (χ2n) is 4.93. The largest absolute Gasteiger partial charge is 0.481 e. The summed E-state index contributed by atoms with van der Waals surface area (Å²) < 4.78 is 0. The first-order chi connectivity index (χ1) is 9.51. The molecule has 1 aromatic rings. The molecule has 0 atom stereocenters. The van der Waals surface area contributed by atoms with E-state index in [0.717, 1.165) is 16.3 Å². The number of carbonyl (C=O) groups is 2. The third kappa shape index (κ3) is 3.34. The van der Waals surface area contributed by atoms with Crippen LogP contribution >= 0.6 is 11.3 Å². The van der Waals surface area contributed by atoms with Gasteiger partial charge in [0.15, 0.2) is 5.69 Å². The van der Waals surface area contributed by atoms with Gasteiger partial charge < -0.3 is 10.2 Å². The predicted octanol–water partition coefficient (Wildman–Crippen LogP) is 1.70. The molecular formula is C13H18N2O4S. The van der Waals surface area contributed by atoms with Crippen molar-refractivity contribution in [2.75, 3.05) is 13.1 Å². The number of likely N-dealkylation sites (tertiary alicyclic amines) is 1. The summed E-state index contributed by atoms with van der Waals surface area (Å²) in [6.45, 7) is 3.88. The van der Waals surface area contributed by atoms with Crippen LogP contribution in [0, 0.1) is 5.92 Å². The number of aromatic nitrogens is 1. The van der Waals surface area contributed by atoms with Gasteiger partial charge in [-0.3, -0.25) is 9.69 Å². The predicted molar refractivity (Wildman–Crippen MR) is 74.1 cm³/mol. The summed E-state index contributed by atoms with van der Waals surface area (Å²) in [5.74, 6) is -1.99. The van der Waals surface area contributed by atoms with E-state index in [1.807, 2.05) is 6.92 Å². The Kier molecular flexibility index (Phi) is 4.72. The fourth-order valence-corrected chi connectivity index (χ4v) is 3.41. The van der Waals surface area contributed by atoms with Crippen molar-refractivity contribution in [3.05, 3.63) is 15.6 Å². The van der Waals surface area contributed by atoms with Crippen LogP contribution in [0.25, 0.3) is 0 Å². The van der Waals surface area contributed by atoms with Crippen molar-refractivity contribution in [3.8, 4) is 0 Å². The van der Waals surface area contributed by atoms with Crippen LogP contribution in [0.3, 0.4) is 0 Å². The summed E-state index contributed by atoms with van der Waals surface area (Å²) in [7, 11) is 0. The summed E-state index contributed by atoms with van der Waals surface area (Å²) in [6.07, 6.45) is 1.97. The molecule has 0 aromatic carbocycles. The molecule has 0 unspecified atom stereocenters. The first kappa shape index (κ1) is 14.9. The number of piperidine rings is 1. The molecule has 110 valence electrons. The molecule has 2 rings (SSSR count). The highest BCUT2D eigenvalue weighted by Gasteiger charge is 2.26. The van der Waals surface area contributed by atoms with Crippen molar-refractivity contribution in [2.24, 2.45) is 5.92 Å². The third-order valence-corrected chi connectivity index (χ3v) is 4.74. The molecule has 6 nitrogen and oxygen atoms in total. The lowest BCUT2D eigenvalue weighted by atomic mass is 9.97. The molecule has 1 aromatic heterocycles. The maximum absolute atomic E-state index is 11.2. The molecule has 0 saturated carbocycles. The molecule has 2 heterocycles. The van der Waals surface area contributed by atoms with Crippen molar-refractivity contribution in [1.29, 1.82) is 0 Å². The van der Waals surface area contributed by atoms with Crippen LogP contribution < -0.4 is 0 Å². The Labute approximate surface area is 121 Å². The number of carboxylic acids is 2. The maximum Gasteiger partial charge on any atom is 0.355 e. The highest BCUT2D eigenvalue weighted by Crippen LogP contribution is 2.24. The SMILES string of the molecule is CCc1nc(C(=O)O)c(CN2CCC(C(=O)O)CC2)s1. The summed E-state index contributed by atoms with van der Waals surface area (Å²) in [5, 5.41) is 19.0. The van der Waals surface area contributed by atoms with Gasteiger partial charge in [0, 0.05) is 6.54 Å². The van der Waals surface area contributed by atoms with E-state index in [-0.39, 0.29) is 11.6 Å². The van der Waals surface area contributed by atoms with Crippen LogP contribution in [0.2, 0.25) is 0 Å². The minimum Gasteiger partial charge on any atom is -0.481 e. The molecule has 0 amide bonds. The van der Waals surface area contributed by atoms with Gasteiger partial charge in [0.1, 0.15) is 0 Å². The van der Waals surface area contributed by atoms with E-state index in [0.29, 0.717) is 32.5 Å². The first-order valence-electron chi connectivity index (χ1n) is 6.68. The van der Waals surface area contributed by atoms with Gasteiger partial charge in [-0.25, -0.2) is 9.78 Å². The molecule has 20 heavy (non-hydrogen) atoms. The number of aliphatic carboxylic acids is 1. The molecule has 0 spiro atoms. The van der Waals surface area contributed by atoms with Gasteiger partial charge in [-0.2, -0.15) is 0 Å². The molecule has 0 bridgehead atoms.